The van der Waals surface area contributed by atoms with Crippen molar-refractivity contribution >= 4 is 0 Å². The topological polar surface area (TPSA) is 35.8 Å². The molecule has 2 aromatic rings. The van der Waals surface area contributed by atoms with Crippen LogP contribution in [0.3, 0.4) is 0 Å². The molecule has 0 aromatic heterocycles. The van der Waals surface area contributed by atoms with Crippen molar-refractivity contribution in [2.45, 2.75) is 31.3 Å². The molecule has 2 aromatic carbocycles. The van der Waals surface area contributed by atoms with Gasteiger partial charge in [0.25, 0.3) is 0 Å². The summed E-state index contributed by atoms with van der Waals surface area (Å²) in [5, 5.41) is 13.1. The van der Waals surface area contributed by atoms with Crippen molar-refractivity contribution < 1.29 is 0 Å². The lowest BCUT2D eigenvalue weighted by molar-refractivity contribution is 0.364. The van der Waals surface area contributed by atoms with Gasteiger partial charge in [0.1, 0.15) is 5.54 Å². The molecule has 0 bridgehead atoms. The number of nitriles is 1. The second-order valence-corrected chi connectivity index (χ2v) is 5.48. The van der Waals surface area contributed by atoms with Crippen LogP contribution in [0.2, 0.25) is 0 Å². The third-order valence-corrected chi connectivity index (χ3v) is 4.12. The maximum Gasteiger partial charge on any atom is 0.111 e. The Balaban J connectivity index is 1.75. The van der Waals surface area contributed by atoms with E-state index in [0.29, 0.717) is 0 Å². The van der Waals surface area contributed by atoms with Gasteiger partial charge in [-0.2, -0.15) is 5.26 Å². The zero-order chi connectivity index (χ0) is 13.8. The summed E-state index contributed by atoms with van der Waals surface area (Å²) in [6.45, 7) is 0.747. The van der Waals surface area contributed by atoms with Crippen molar-refractivity contribution in [3.05, 3.63) is 71.3 Å². The first-order valence-electron chi connectivity index (χ1n) is 7.08. The van der Waals surface area contributed by atoms with E-state index in [0.717, 1.165) is 25.8 Å². The maximum atomic E-state index is 9.63. The van der Waals surface area contributed by atoms with Crippen LogP contribution in [0.25, 0.3) is 0 Å². The highest BCUT2D eigenvalue weighted by atomic mass is 15.0. The molecule has 1 N–H and O–H groups in total. The largest absolute Gasteiger partial charge is 0.295 e. The predicted molar refractivity (Wildman–Crippen MR) is 80.1 cm³/mol. The molecular weight excluding hydrogens is 244 g/mol. The lowest BCUT2D eigenvalue weighted by Gasteiger charge is -2.33. The molecule has 1 atom stereocenters. The van der Waals surface area contributed by atoms with Crippen LogP contribution in [0.4, 0.5) is 0 Å². The molecule has 1 aliphatic carbocycles. The predicted octanol–water partition coefficient (Wildman–Crippen LogP) is 3.23. The van der Waals surface area contributed by atoms with E-state index in [2.05, 4.69) is 47.8 Å². The van der Waals surface area contributed by atoms with Crippen LogP contribution >= 0.6 is 0 Å². The first kappa shape index (κ1) is 12.9. The van der Waals surface area contributed by atoms with Crippen molar-refractivity contribution in [1.29, 1.82) is 5.26 Å². The SMILES string of the molecule is N#C[C@]1(NCc2ccccc2)CCc2ccccc2C1. The first-order valence-corrected chi connectivity index (χ1v) is 7.08. The van der Waals surface area contributed by atoms with Gasteiger partial charge in [-0.15, -0.1) is 0 Å². The Hall–Kier alpha value is -2.11. The van der Waals surface area contributed by atoms with Gasteiger partial charge in [-0.1, -0.05) is 54.6 Å². The number of nitrogens with zero attached hydrogens (tertiary/aromatic N) is 1. The number of fused-ring (bicyclic) bond motifs is 1. The van der Waals surface area contributed by atoms with Gasteiger partial charge in [0.2, 0.25) is 0 Å². The minimum atomic E-state index is -0.426. The van der Waals surface area contributed by atoms with Crippen molar-refractivity contribution in [1.82, 2.24) is 5.32 Å². The average molecular weight is 262 g/mol. The van der Waals surface area contributed by atoms with E-state index in [1.54, 1.807) is 0 Å². The van der Waals surface area contributed by atoms with E-state index in [4.69, 9.17) is 0 Å². The molecule has 0 spiro atoms. The molecule has 2 heteroatoms. The van der Waals surface area contributed by atoms with Crippen LogP contribution in [0.15, 0.2) is 54.6 Å². The number of benzene rings is 2. The summed E-state index contributed by atoms with van der Waals surface area (Å²) in [4.78, 5) is 0. The van der Waals surface area contributed by atoms with Gasteiger partial charge in [-0.05, 0) is 29.5 Å². The third kappa shape index (κ3) is 2.59. The van der Waals surface area contributed by atoms with Gasteiger partial charge in [-0.3, -0.25) is 5.32 Å². The van der Waals surface area contributed by atoms with Gasteiger partial charge in [-0.25, -0.2) is 0 Å². The number of rotatable bonds is 3. The Bertz CT molecular complexity index is 627. The van der Waals surface area contributed by atoms with Gasteiger partial charge < -0.3 is 0 Å². The Morgan fingerprint density at radius 1 is 1.00 bits per heavy atom. The molecule has 0 saturated carbocycles. The van der Waals surface area contributed by atoms with Gasteiger partial charge in [0.15, 0.2) is 0 Å². The number of nitrogens with one attached hydrogen (secondary N) is 1. The van der Waals surface area contributed by atoms with Crippen molar-refractivity contribution in [3.63, 3.8) is 0 Å². The Kier molecular flexibility index (Phi) is 3.54. The van der Waals surface area contributed by atoms with E-state index in [9.17, 15) is 5.26 Å². The lowest BCUT2D eigenvalue weighted by atomic mass is 9.79. The standard InChI is InChI=1S/C18H18N2/c19-14-18(20-13-15-6-2-1-3-7-15)11-10-16-8-4-5-9-17(16)12-18/h1-9,20H,10-13H2/t18-/m0/s1. The van der Waals surface area contributed by atoms with E-state index in [1.165, 1.54) is 16.7 Å². The smallest absolute Gasteiger partial charge is 0.111 e. The van der Waals surface area contributed by atoms with Crippen LogP contribution < -0.4 is 5.32 Å². The second kappa shape index (κ2) is 5.48. The van der Waals surface area contributed by atoms with E-state index in [-0.39, 0.29) is 0 Å². The van der Waals surface area contributed by atoms with Crippen molar-refractivity contribution in [2.24, 2.45) is 0 Å². The number of aryl methyl sites for hydroxylation is 1. The summed E-state index contributed by atoms with van der Waals surface area (Å²) < 4.78 is 0. The monoisotopic (exact) mass is 262 g/mol. The molecule has 0 radical (unpaired) electrons. The van der Waals surface area contributed by atoms with Gasteiger partial charge in [0.05, 0.1) is 6.07 Å². The molecule has 100 valence electrons. The second-order valence-electron chi connectivity index (χ2n) is 5.48. The molecule has 0 saturated heterocycles. The average Bonchev–Trinajstić information content (AvgIpc) is 2.54. The van der Waals surface area contributed by atoms with E-state index >= 15 is 0 Å². The van der Waals surface area contributed by atoms with Crippen LogP contribution in [-0.4, -0.2) is 5.54 Å². The molecule has 3 rings (SSSR count). The summed E-state index contributed by atoms with van der Waals surface area (Å²) in [5.41, 5.74) is 3.49. The molecule has 2 nitrogen and oxygen atoms in total. The minimum absolute atomic E-state index is 0.426. The highest BCUT2D eigenvalue weighted by Crippen LogP contribution is 2.28. The summed E-state index contributed by atoms with van der Waals surface area (Å²) in [6.07, 6.45) is 2.66. The molecule has 0 aliphatic heterocycles. The van der Waals surface area contributed by atoms with Crippen LogP contribution in [0.1, 0.15) is 23.1 Å². The molecule has 1 aliphatic rings. The van der Waals surface area contributed by atoms with Gasteiger partial charge in [0, 0.05) is 13.0 Å². The first-order chi connectivity index (χ1) is 9.81. The Morgan fingerprint density at radius 3 is 2.45 bits per heavy atom. The molecule has 0 amide bonds. The molecule has 0 heterocycles. The summed E-state index contributed by atoms with van der Waals surface area (Å²) in [5.74, 6) is 0. The van der Waals surface area contributed by atoms with Crippen LogP contribution in [0.5, 0.6) is 0 Å². The lowest BCUT2D eigenvalue weighted by Crippen LogP contribution is -2.47. The normalized spacial score (nSPS) is 20.9. The Labute approximate surface area is 120 Å². The quantitative estimate of drug-likeness (QED) is 0.921. The fourth-order valence-corrected chi connectivity index (χ4v) is 2.89. The van der Waals surface area contributed by atoms with Gasteiger partial charge >= 0.3 is 0 Å². The van der Waals surface area contributed by atoms with Crippen molar-refractivity contribution in [2.75, 3.05) is 0 Å². The minimum Gasteiger partial charge on any atom is -0.295 e. The summed E-state index contributed by atoms with van der Waals surface area (Å²) in [7, 11) is 0. The molecule has 0 unspecified atom stereocenters. The molecule has 0 fully saturated rings. The number of hydrogen-bond acceptors (Lipinski definition) is 2. The van der Waals surface area contributed by atoms with Crippen molar-refractivity contribution in [3.8, 4) is 6.07 Å². The fraction of sp³-hybridized carbons (Fsp3) is 0.278. The summed E-state index contributed by atoms with van der Waals surface area (Å²) >= 11 is 0. The van der Waals surface area contributed by atoms with E-state index < -0.39 is 5.54 Å². The zero-order valence-electron chi connectivity index (χ0n) is 11.5. The third-order valence-electron chi connectivity index (χ3n) is 4.12. The van der Waals surface area contributed by atoms with E-state index in [1.807, 2.05) is 18.2 Å². The fourth-order valence-electron chi connectivity index (χ4n) is 2.89. The van der Waals surface area contributed by atoms with Crippen LogP contribution in [-0.2, 0) is 19.4 Å². The highest BCUT2D eigenvalue weighted by Gasteiger charge is 2.33. The molecule has 20 heavy (non-hydrogen) atoms. The summed E-state index contributed by atoms with van der Waals surface area (Å²) in [6, 6.07) is 21.2. The Morgan fingerprint density at radius 2 is 1.70 bits per heavy atom. The maximum absolute atomic E-state index is 9.63. The number of hydrogen-bond donors (Lipinski definition) is 1. The van der Waals surface area contributed by atoms with Crippen LogP contribution in [0, 0.1) is 11.3 Å². The highest BCUT2D eigenvalue weighted by molar-refractivity contribution is 5.35. The molecular formula is C18H18N2. The zero-order valence-corrected chi connectivity index (χ0v) is 11.5.